The Balaban J connectivity index is 0.000000438. The van der Waals surface area contributed by atoms with Crippen LogP contribution in [0.25, 0.3) is 11.3 Å². The zero-order valence-electron chi connectivity index (χ0n) is 22.6. The Hall–Kier alpha value is -2.47. The standard InChI is InChI=1S/C23H30N4O3S2.C5H8O2/c1-3-31-21(17-10-12-30-13-11-17)27(2)23(29)26-22-25-19(14-32-22)15-4-6-16(7-5-15)20(28)24-18-8-9-18;6-4-5-2-1-3-7-5/h4-7,14,17-18,21H,3,8-13H2,1-2H3,(H,24,28)(H,25,26,29);4-5H,1-3H2. The van der Waals surface area contributed by atoms with Gasteiger partial charge in [0.25, 0.3) is 5.91 Å². The van der Waals surface area contributed by atoms with Crippen LogP contribution >= 0.6 is 23.1 Å². The van der Waals surface area contributed by atoms with Gasteiger partial charge in [-0.15, -0.1) is 23.1 Å². The predicted molar refractivity (Wildman–Crippen MR) is 155 cm³/mol. The normalized spacial score (nSPS) is 19.9. The second-order valence-corrected chi connectivity index (χ2v) is 12.1. The Morgan fingerprint density at radius 3 is 2.49 bits per heavy atom. The van der Waals surface area contributed by atoms with Crippen LogP contribution in [0.2, 0.25) is 0 Å². The first-order valence-corrected chi connectivity index (χ1v) is 15.6. The molecule has 3 fully saturated rings. The van der Waals surface area contributed by atoms with Gasteiger partial charge < -0.3 is 24.5 Å². The molecule has 0 bridgehead atoms. The van der Waals surface area contributed by atoms with Gasteiger partial charge >= 0.3 is 6.03 Å². The number of nitrogens with one attached hydrogen (secondary N) is 2. The molecule has 2 aliphatic heterocycles. The fourth-order valence-electron chi connectivity index (χ4n) is 4.49. The molecule has 1 aromatic carbocycles. The monoisotopic (exact) mass is 574 g/mol. The molecule has 0 radical (unpaired) electrons. The first kappa shape index (κ1) is 29.5. The summed E-state index contributed by atoms with van der Waals surface area (Å²) < 4.78 is 10.4. The van der Waals surface area contributed by atoms with Gasteiger partial charge in [-0.1, -0.05) is 19.1 Å². The lowest BCUT2D eigenvalue weighted by atomic mass is 9.99. The van der Waals surface area contributed by atoms with Crippen LogP contribution in [0.1, 0.15) is 55.8 Å². The third kappa shape index (κ3) is 8.76. The number of rotatable bonds is 9. The maximum absolute atomic E-state index is 12.9. The highest BCUT2D eigenvalue weighted by Crippen LogP contribution is 2.31. The van der Waals surface area contributed by atoms with Crippen molar-refractivity contribution in [1.82, 2.24) is 15.2 Å². The van der Waals surface area contributed by atoms with E-state index in [0.717, 1.165) is 81.6 Å². The molecule has 0 spiro atoms. The van der Waals surface area contributed by atoms with E-state index < -0.39 is 0 Å². The fraction of sp³-hybridized carbons (Fsp3) is 0.571. The Morgan fingerprint density at radius 1 is 1.15 bits per heavy atom. The van der Waals surface area contributed by atoms with Crippen LogP contribution < -0.4 is 10.6 Å². The topological polar surface area (TPSA) is 110 Å². The number of carbonyl (C=O) groups excluding carboxylic acids is 3. The number of aldehydes is 1. The lowest BCUT2D eigenvalue weighted by Crippen LogP contribution is -2.43. The fourth-order valence-corrected chi connectivity index (χ4v) is 6.41. The lowest BCUT2D eigenvalue weighted by Gasteiger charge is -2.35. The molecule has 3 heterocycles. The highest BCUT2D eigenvalue weighted by Gasteiger charge is 2.30. The van der Waals surface area contributed by atoms with Gasteiger partial charge in [0.2, 0.25) is 0 Å². The molecule has 9 nitrogen and oxygen atoms in total. The molecule has 2 atom stereocenters. The first-order chi connectivity index (χ1) is 19.0. The minimum atomic E-state index is -0.143. The molecule has 1 aliphatic carbocycles. The minimum Gasteiger partial charge on any atom is -0.381 e. The number of amides is 3. The van der Waals surface area contributed by atoms with Crippen molar-refractivity contribution in [3.05, 3.63) is 35.2 Å². The number of aromatic nitrogens is 1. The zero-order chi connectivity index (χ0) is 27.6. The van der Waals surface area contributed by atoms with Gasteiger partial charge in [-0.05, 0) is 62.3 Å². The van der Waals surface area contributed by atoms with Crippen LogP contribution in [0.15, 0.2) is 29.6 Å². The average Bonchev–Trinajstić information content (AvgIpc) is 3.40. The quantitative estimate of drug-likeness (QED) is 0.319. The van der Waals surface area contributed by atoms with Crippen LogP contribution in [0.3, 0.4) is 0 Å². The van der Waals surface area contributed by atoms with E-state index in [9.17, 15) is 14.4 Å². The average molecular weight is 575 g/mol. The van der Waals surface area contributed by atoms with E-state index in [1.54, 1.807) is 16.7 Å². The van der Waals surface area contributed by atoms with E-state index in [4.69, 9.17) is 9.47 Å². The lowest BCUT2D eigenvalue weighted by molar-refractivity contribution is -0.115. The van der Waals surface area contributed by atoms with Gasteiger partial charge in [0, 0.05) is 49.4 Å². The third-order valence-corrected chi connectivity index (χ3v) is 9.03. The number of hydrogen-bond acceptors (Lipinski definition) is 8. The molecule has 1 aromatic heterocycles. The minimum absolute atomic E-state index is 0.0302. The molecule has 5 rings (SSSR count). The largest absolute Gasteiger partial charge is 0.381 e. The van der Waals surface area contributed by atoms with Crippen LogP contribution in [-0.4, -0.2) is 78.2 Å². The van der Waals surface area contributed by atoms with Gasteiger partial charge in [0.1, 0.15) is 12.4 Å². The van der Waals surface area contributed by atoms with E-state index in [1.807, 2.05) is 36.7 Å². The summed E-state index contributed by atoms with van der Waals surface area (Å²) in [5.74, 6) is 1.36. The highest BCUT2D eigenvalue weighted by molar-refractivity contribution is 7.99. The molecular weight excluding hydrogens is 536 g/mol. The maximum atomic E-state index is 12.9. The summed E-state index contributed by atoms with van der Waals surface area (Å²) in [6.45, 7) is 4.41. The van der Waals surface area contributed by atoms with Crippen molar-refractivity contribution >= 4 is 46.5 Å². The van der Waals surface area contributed by atoms with Crippen molar-refractivity contribution in [3.63, 3.8) is 0 Å². The van der Waals surface area contributed by atoms with Crippen molar-refractivity contribution in [3.8, 4) is 11.3 Å². The van der Waals surface area contributed by atoms with Crippen LogP contribution in [0, 0.1) is 5.92 Å². The summed E-state index contributed by atoms with van der Waals surface area (Å²) in [6.07, 6.45) is 6.84. The molecule has 1 saturated carbocycles. The number of thiazole rings is 1. The number of anilines is 1. The molecule has 2 unspecified atom stereocenters. The van der Waals surface area contributed by atoms with Crippen molar-refractivity contribution in [2.24, 2.45) is 5.92 Å². The van der Waals surface area contributed by atoms with Crippen molar-refractivity contribution in [2.75, 3.05) is 37.9 Å². The molecular formula is C28H38N4O5S2. The Labute approximate surface area is 238 Å². The summed E-state index contributed by atoms with van der Waals surface area (Å²) in [6, 6.07) is 7.63. The molecule has 2 N–H and O–H groups in total. The Kier molecular flexibility index (Phi) is 11.2. The number of hydrogen-bond donors (Lipinski definition) is 2. The van der Waals surface area contributed by atoms with Crippen LogP contribution in [-0.2, 0) is 14.3 Å². The molecule has 3 amide bonds. The van der Waals surface area contributed by atoms with Gasteiger partial charge in [-0.2, -0.15) is 0 Å². The van der Waals surface area contributed by atoms with E-state index >= 15 is 0 Å². The van der Waals surface area contributed by atoms with Crippen molar-refractivity contribution in [2.45, 2.75) is 63.0 Å². The van der Waals surface area contributed by atoms with Crippen LogP contribution in [0.4, 0.5) is 9.93 Å². The van der Waals surface area contributed by atoms with Gasteiger partial charge in [-0.3, -0.25) is 10.1 Å². The van der Waals surface area contributed by atoms with Crippen molar-refractivity contribution in [1.29, 1.82) is 0 Å². The SMILES string of the molecule is CCSC(C1CCOCC1)N(C)C(=O)Nc1nc(-c2ccc(C(=O)NC3CC3)cc2)cs1.O=CC1CCCO1. The van der Waals surface area contributed by atoms with Crippen LogP contribution in [0.5, 0.6) is 0 Å². The van der Waals surface area contributed by atoms with E-state index in [1.165, 1.54) is 11.3 Å². The zero-order valence-corrected chi connectivity index (χ0v) is 24.2. The molecule has 11 heteroatoms. The molecule has 3 aliphatic rings. The predicted octanol–water partition coefficient (Wildman–Crippen LogP) is 5.04. The Bertz CT molecular complexity index is 1080. The van der Waals surface area contributed by atoms with Gasteiger partial charge in [0.15, 0.2) is 5.13 Å². The van der Waals surface area contributed by atoms with Crippen molar-refractivity contribution < 1.29 is 23.9 Å². The summed E-state index contributed by atoms with van der Waals surface area (Å²) in [4.78, 5) is 41.4. The number of nitrogens with zero attached hydrogens (tertiary/aromatic N) is 2. The number of thioether (sulfide) groups is 1. The first-order valence-electron chi connectivity index (χ1n) is 13.6. The summed E-state index contributed by atoms with van der Waals surface area (Å²) >= 11 is 3.21. The molecule has 39 heavy (non-hydrogen) atoms. The van der Waals surface area contributed by atoms with E-state index in [0.29, 0.717) is 22.7 Å². The number of ether oxygens (including phenoxy) is 2. The smallest absolute Gasteiger partial charge is 0.324 e. The summed E-state index contributed by atoms with van der Waals surface area (Å²) in [7, 11) is 1.86. The number of benzene rings is 1. The second kappa shape index (κ2) is 14.8. The second-order valence-electron chi connectivity index (χ2n) is 9.89. The summed E-state index contributed by atoms with van der Waals surface area (Å²) in [5.41, 5.74) is 2.35. The third-order valence-electron chi connectivity index (χ3n) is 6.90. The number of carbonyl (C=O) groups is 3. The number of urea groups is 1. The van der Waals surface area contributed by atoms with Gasteiger partial charge in [-0.25, -0.2) is 9.78 Å². The molecule has 2 aromatic rings. The Morgan fingerprint density at radius 2 is 1.90 bits per heavy atom. The van der Waals surface area contributed by atoms with E-state index in [-0.39, 0.29) is 23.4 Å². The molecule has 2 saturated heterocycles. The maximum Gasteiger partial charge on any atom is 0.324 e. The van der Waals surface area contributed by atoms with E-state index in [2.05, 4.69) is 22.5 Å². The highest BCUT2D eigenvalue weighted by atomic mass is 32.2. The summed E-state index contributed by atoms with van der Waals surface area (Å²) in [5, 5.41) is 8.56. The van der Waals surface area contributed by atoms with Gasteiger partial charge in [0.05, 0.1) is 11.1 Å². The molecule has 212 valence electrons.